The third-order valence-electron chi connectivity index (χ3n) is 4.98. The van der Waals surface area contributed by atoms with Crippen molar-refractivity contribution in [1.82, 2.24) is 15.2 Å². The summed E-state index contributed by atoms with van der Waals surface area (Å²) in [5, 5.41) is 14.0. The van der Waals surface area contributed by atoms with Crippen molar-refractivity contribution in [3.63, 3.8) is 0 Å². The lowest BCUT2D eigenvalue weighted by Gasteiger charge is -2.23. The monoisotopic (exact) mass is 337 g/mol. The quantitative estimate of drug-likeness (QED) is 0.867. The van der Waals surface area contributed by atoms with Gasteiger partial charge in [-0.1, -0.05) is 6.42 Å². The van der Waals surface area contributed by atoms with E-state index in [4.69, 9.17) is 4.98 Å². The van der Waals surface area contributed by atoms with E-state index in [0.717, 1.165) is 37.1 Å². The Bertz CT molecular complexity index is 522. The Hall–Kier alpha value is -1.14. The first kappa shape index (κ1) is 16.7. The summed E-state index contributed by atoms with van der Waals surface area (Å²) in [6.07, 6.45) is 8.34. The van der Waals surface area contributed by atoms with Crippen molar-refractivity contribution >= 4 is 17.4 Å². The summed E-state index contributed by atoms with van der Waals surface area (Å²) in [5.74, 6) is 0.233. The fourth-order valence-electron chi connectivity index (χ4n) is 3.59. The van der Waals surface area contributed by atoms with Gasteiger partial charge in [-0.05, 0) is 38.5 Å². The zero-order valence-electron chi connectivity index (χ0n) is 13.9. The number of fused-ring (bicyclic) bond motifs is 1. The van der Waals surface area contributed by atoms with Crippen LogP contribution in [0.15, 0.2) is 0 Å². The van der Waals surface area contributed by atoms with Gasteiger partial charge in [0.05, 0.1) is 16.8 Å². The van der Waals surface area contributed by atoms with Gasteiger partial charge in [0.25, 0.3) is 0 Å². The minimum absolute atomic E-state index is 0.0505. The molecule has 5 nitrogen and oxygen atoms in total. The molecular weight excluding hydrogens is 310 g/mol. The molecule has 2 unspecified atom stereocenters. The van der Waals surface area contributed by atoms with Crippen molar-refractivity contribution in [2.24, 2.45) is 5.92 Å². The van der Waals surface area contributed by atoms with Crippen LogP contribution in [0.3, 0.4) is 0 Å². The Morgan fingerprint density at radius 3 is 2.91 bits per heavy atom. The number of nitrogens with zero attached hydrogens (tertiary/aromatic N) is 2. The highest BCUT2D eigenvalue weighted by Gasteiger charge is 2.27. The summed E-state index contributed by atoms with van der Waals surface area (Å²) in [5.41, 5.74) is 1.29. The Labute approximate surface area is 142 Å². The molecule has 2 aliphatic carbocycles. The minimum atomic E-state index is -0.244. The molecule has 0 saturated heterocycles. The summed E-state index contributed by atoms with van der Waals surface area (Å²) < 4.78 is 0. The van der Waals surface area contributed by atoms with Gasteiger partial charge in [-0.2, -0.15) is 0 Å². The number of rotatable bonds is 5. The van der Waals surface area contributed by atoms with Crippen LogP contribution in [0, 0.1) is 5.92 Å². The third kappa shape index (κ3) is 4.23. The van der Waals surface area contributed by atoms with Crippen LogP contribution in [0.5, 0.6) is 0 Å². The van der Waals surface area contributed by atoms with Crippen molar-refractivity contribution < 1.29 is 9.90 Å². The predicted molar refractivity (Wildman–Crippen MR) is 91.8 cm³/mol. The summed E-state index contributed by atoms with van der Waals surface area (Å²) in [7, 11) is 1.81. The molecule has 0 spiro atoms. The van der Waals surface area contributed by atoms with Gasteiger partial charge in [0.2, 0.25) is 0 Å². The van der Waals surface area contributed by atoms with Crippen LogP contribution in [0.2, 0.25) is 0 Å². The number of hydrogen-bond donors (Lipinski definition) is 2. The van der Waals surface area contributed by atoms with Crippen LogP contribution in [-0.4, -0.2) is 47.3 Å². The summed E-state index contributed by atoms with van der Waals surface area (Å²) in [6, 6.07) is -0.0505. The van der Waals surface area contributed by atoms with E-state index in [1.807, 2.05) is 18.4 Å². The normalized spacial score (nSPS) is 23.6. The van der Waals surface area contributed by atoms with E-state index in [1.165, 1.54) is 29.8 Å². The molecule has 0 aliphatic heterocycles. The molecule has 6 heteroatoms. The van der Waals surface area contributed by atoms with Gasteiger partial charge in [0.15, 0.2) is 0 Å². The highest BCUT2D eigenvalue weighted by Crippen LogP contribution is 2.27. The van der Waals surface area contributed by atoms with E-state index < -0.39 is 0 Å². The lowest BCUT2D eigenvalue weighted by atomic mass is 10.0. The molecule has 3 rings (SSSR count). The van der Waals surface area contributed by atoms with Crippen molar-refractivity contribution in [2.45, 2.75) is 57.5 Å². The average Bonchev–Trinajstić information content (AvgIpc) is 3.13. The molecule has 2 atom stereocenters. The summed E-state index contributed by atoms with van der Waals surface area (Å²) in [4.78, 5) is 20.0. The maximum absolute atomic E-state index is 12.1. The van der Waals surface area contributed by atoms with Gasteiger partial charge < -0.3 is 15.3 Å². The third-order valence-corrected chi connectivity index (χ3v) is 6.20. The average molecular weight is 337 g/mol. The predicted octanol–water partition coefficient (Wildman–Crippen LogP) is 2.37. The molecule has 1 saturated carbocycles. The van der Waals surface area contributed by atoms with E-state index in [1.54, 1.807) is 4.90 Å². The molecule has 2 aliphatic rings. The van der Waals surface area contributed by atoms with Crippen LogP contribution < -0.4 is 5.32 Å². The first-order valence-corrected chi connectivity index (χ1v) is 9.59. The molecule has 1 heterocycles. The smallest absolute Gasteiger partial charge is 0.317 e. The number of amides is 2. The molecule has 1 fully saturated rings. The van der Waals surface area contributed by atoms with Crippen LogP contribution >= 0.6 is 11.3 Å². The van der Waals surface area contributed by atoms with Crippen molar-refractivity contribution in [1.29, 1.82) is 0 Å². The lowest BCUT2D eigenvalue weighted by molar-refractivity contribution is 0.114. The van der Waals surface area contributed by atoms with Crippen molar-refractivity contribution in [2.75, 3.05) is 20.1 Å². The highest BCUT2D eigenvalue weighted by molar-refractivity contribution is 7.11. The molecule has 0 radical (unpaired) electrons. The standard InChI is InChI=1S/C17H27N3O2S/c1-20(11-12-5-4-7-14(12)21)17(22)18-10-9-16-19-13-6-2-3-8-15(13)23-16/h12,14,21H,2-11H2,1H3,(H,18,22). The molecule has 1 aromatic rings. The fraction of sp³-hybridized carbons (Fsp3) is 0.765. The maximum Gasteiger partial charge on any atom is 0.317 e. The van der Waals surface area contributed by atoms with Gasteiger partial charge in [0.1, 0.15) is 0 Å². The number of aliphatic hydroxyl groups is 1. The van der Waals surface area contributed by atoms with Crippen LogP contribution in [-0.2, 0) is 19.3 Å². The Kier molecular flexibility index (Phi) is 5.54. The van der Waals surface area contributed by atoms with E-state index in [9.17, 15) is 9.90 Å². The van der Waals surface area contributed by atoms with Crippen LogP contribution in [0.25, 0.3) is 0 Å². The Balaban J connectivity index is 1.41. The number of thiazole rings is 1. The molecular formula is C17H27N3O2S. The molecule has 2 N–H and O–H groups in total. The van der Waals surface area contributed by atoms with E-state index >= 15 is 0 Å². The zero-order chi connectivity index (χ0) is 16.2. The first-order chi connectivity index (χ1) is 11.1. The summed E-state index contributed by atoms with van der Waals surface area (Å²) in [6.45, 7) is 1.27. The number of aromatic nitrogens is 1. The highest BCUT2D eigenvalue weighted by atomic mass is 32.1. The maximum atomic E-state index is 12.1. The van der Waals surface area contributed by atoms with Crippen LogP contribution in [0.1, 0.15) is 47.7 Å². The second kappa shape index (κ2) is 7.62. The second-order valence-corrected chi connectivity index (χ2v) is 7.97. The number of urea groups is 1. The largest absolute Gasteiger partial charge is 0.393 e. The van der Waals surface area contributed by atoms with Gasteiger partial charge in [-0.25, -0.2) is 9.78 Å². The number of carbonyl (C=O) groups excluding carboxylic acids is 1. The van der Waals surface area contributed by atoms with Crippen LogP contribution in [0.4, 0.5) is 4.79 Å². The van der Waals surface area contributed by atoms with Gasteiger partial charge in [-0.3, -0.25) is 0 Å². The number of aryl methyl sites for hydroxylation is 2. The Morgan fingerprint density at radius 2 is 2.17 bits per heavy atom. The molecule has 128 valence electrons. The summed E-state index contributed by atoms with van der Waals surface area (Å²) >= 11 is 1.81. The van der Waals surface area contributed by atoms with Gasteiger partial charge in [0, 0.05) is 37.4 Å². The van der Waals surface area contributed by atoms with E-state index in [0.29, 0.717) is 13.1 Å². The second-order valence-electron chi connectivity index (χ2n) is 6.81. The molecule has 2 amide bonds. The van der Waals surface area contributed by atoms with E-state index in [-0.39, 0.29) is 18.1 Å². The SMILES string of the molecule is CN(CC1CCCC1O)C(=O)NCCc1nc2c(s1)CCCC2. The topological polar surface area (TPSA) is 65.5 Å². The zero-order valence-corrected chi connectivity index (χ0v) is 14.7. The van der Waals surface area contributed by atoms with Crippen molar-refractivity contribution in [3.05, 3.63) is 15.6 Å². The molecule has 23 heavy (non-hydrogen) atoms. The molecule has 0 bridgehead atoms. The molecule has 1 aromatic heterocycles. The van der Waals surface area contributed by atoms with E-state index in [2.05, 4.69) is 5.32 Å². The first-order valence-electron chi connectivity index (χ1n) is 8.78. The molecule has 0 aromatic carbocycles. The fourth-order valence-corrected chi connectivity index (χ4v) is 4.74. The lowest BCUT2D eigenvalue weighted by Crippen LogP contribution is -2.41. The number of carbonyl (C=O) groups is 1. The number of aliphatic hydroxyl groups excluding tert-OH is 1. The number of hydrogen-bond acceptors (Lipinski definition) is 4. The van der Waals surface area contributed by atoms with Gasteiger partial charge >= 0.3 is 6.03 Å². The van der Waals surface area contributed by atoms with Crippen molar-refractivity contribution in [3.8, 4) is 0 Å². The number of nitrogens with one attached hydrogen (secondary N) is 1. The van der Waals surface area contributed by atoms with Gasteiger partial charge in [-0.15, -0.1) is 11.3 Å². The minimum Gasteiger partial charge on any atom is -0.393 e. The Morgan fingerprint density at radius 1 is 1.35 bits per heavy atom.